The Labute approximate surface area is 360 Å². The number of hydrogen-bond acceptors (Lipinski definition) is 3. The van der Waals surface area contributed by atoms with Crippen LogP contribution < -0.4 is 9.30 Å². The quantitative estimate of drug-likeness (QED) is 0.128. The first-order chi connectivity index (χ1) is 28.8. The van der Waals surface area contributed by atoms with Crippen LogP contribution in [0.5, 0.6) is 11.5 Å². The number of aryl methyl sites for hydroxylation is 1. The van der Waals surface area contributed by atoms with E-state index in [2.05, 4.69) is 172 Å². The van der Waals surface area contributed by atoms with E-state index in [1.165, 1.54) is 43.7 Å². The maximum atomic E-state index is 6.59. The molecule has 0 aliphatic rings. The van der Waals surface area contributed by atoms with Gasteiger partial charge in [-0.15, -0.1) is 29.7 Å². The molecule has 0 amide bonds. The summed E-state index contributed by atoms with van der Waals surface area (Å²) in [5.41, 5.74) is 11.6. The minimum atomic E-state index is -0.0352. The van der Waals surface area contributed by atoms with Gasteiger partial charge in [-0.05, 0) is 71.4 Å². The summed E-state index contributed by atoms with van der Waals surface area (Å²) in [6.45, 7) is 8.67. The van der Waals surface area contributed by atoms with E-state index in [0.717, 1.165) is 55.7 Å². The number of aromatic nitrogens is 6. The van der Waals surface area contributed by atoms with Gasteiger partial charge in [0.25, 0.3) is 6.33 Å². The van der Waals surface area contributed by atoms with Crippen molar-refractivity contribution in [2.45, 2.75) is 33.1 Å². The Kier molecular flexibility index (Phi) is 8.07. The zero-order chi connectivity index (χ0) is 39.6. The Morgan fingerprint density at radius 1 is 0.617 bits per heavy atom. The van der Waals surface area contributed by atoms with E-state index in [-0.39, 0.29) is 26.5 Å². The van der Waals surface area contributed by atoms with Crippen LogP contribution in [0.15, 0.2) is 146 Å². The Morgan fingerprint density at radius 2 is 1.32 bits per heavy atom. The summed E-state index contributed by atoms with van der Waals surface area (Å²) in [7, 11) is 0. The third-order valence-electron chi connectivity index (χ3n) is 11.7. The van der Waals surface area contributed by atoms with Crippen LogP contribution in [0.2, 0.25) is 0 Å². The topological polar surface area (TPSA) is 53.2 Å². The molecule has 12 rings (SSSR count). The number of ether oxygens (including phenoxy) is 1. The van der Waals surface area contributed by atoms with Crippen LogP contribution >= 0.6 is 0 Å². The van der Waals surface area contributed by atoms with Crippen LogP contribution in [-0.4, -0.2) is 23.5 Å². The number of fused-ring (bicyclic) bond motifs is 10. The smallest absolute Gasteiger partial charge is 0.268 e. The molecule has 0 N–H and O–H groups in total. The molecule has 60 heavy (non-hydrogen) atoms. The number of hydrogen-bond donors (Lipinski definition) is 0. The minimum Gasteiger partial charge on any atom is -0.510 e. The maximum absolute atomic E-state index is 6.59. The van der Waals surface area contributed by atoms with E-state index >= 15 is 0 Å². The fraction of sp³-hybridized carbons (Fsp3) is 0.0962. The normalized spacial score (nSPS) is 12.2. The van der Waals surface area contributed by atoms with Gasteiger partial charge in [-0.1, -0.05) is 87.0 Å². The number of imidazole rings is 1. The van der Waals surface area contributed by atoms with Gasteiger partial charge in [0.05, 0.1) is 33.3 Å². The number of nitrogens with zero attached hydrogens (tertiary/aromatic N) is 6. The predicted octanol–water partition coefficient (Wildman–Crippen LogP) is 11.7. The zero-order valence-electron chi connectivity index (χ0n) is 33.3. The van der Waals surface area contributed by atoms with Crippen molar-refractivity contribution in [1.29, 1.82) is 0 Å². The molecule has 0 radical (unpaired) electrons. The van der Waals surface area contributed by atoms with Gasteiger partial charge in [-0.3, -0.25) is 9.55 Å². The second kappa shape index (κ2) is 13.4. The van der Waals surface area contributed by atoms with E-state index in [1.807, 2.05) is 43.6 Å². The molecule has 0 atom stereocenters. The Balaban J connectivity index is 0.00000408. The Bertz CT molecular complexity index is 3580. The van der Waals surface area contributed by atoms with Gasteiger partial charge in [0.1, 0.15) is 5.82 Å². The summed E-state index contributed by atoms with van der Waals surface area (Å²) in [5, 5.41) is 6.99. The van der Waals surface area contributed by atoms with Crippen molar-refractivity contribution in [3.63, 3.8) is 0 Å². The SMILES string of the molecule is Cc1cc2c(cn1)c1ccc(Oc3[c-]c(-n4[c-][n+](-c5cc6c7ccccc7n7c8ccccc8c(c5)c67)c5ccccc54)ccc3)[c-]c1n2-c1cc(C(C)(C)C)ccn1.[Pt]. The van der Waals surface area contributed by atoms with E-state index in [1.54, 1.807) is 0 Å². The van der Waals surface area contributed by atoms with Gasteiger partial charge in [0.15, 0.2) is 0 Å². The van der Waals surface area contributed by atoms with Crippen LogP contribution in [-0.2, 0) is 26.5 Å². The number of pyridine rings is 2. The fourth-order valence-electron chi connectivity index (χ4n) is 8.96. The minimum absolute atomic E-state index is 0. The molecule has 8 heteroatoms. The maximum Gasteiger partial charge on any atom is 0.268 e. The molecular formula is C52H36N6OPt-2. The van der Waals surface area contributed by atoms with Gasteiger partial charge in [0, 0.05) is 77.7 Å². The summed E-state index contributed by atoms with van der Waals surface area (Å²) < 4.78 is 15.4. The zero-order valence-corrected chi connectivity index (χ0v) is 35.5. The number of benzene rings is 6. The molecule has 0 spiro atoms. The summed E-state index contributed by atoms with van der Waals surface area (Å²) in [6, 6.07) is 53.9. The fourth-order valence-corrected chi connectivity index (χ4v) is 8.96. The third-order valence-corrected chi connectivity index (χ3v) is 11.7. The summed E-state index contributed by atoms with van der Waals surface area (Å²) >= 11 is 0. The molecule has 0 fully saturated rings. The van der Waals surface area contributed by atoms with Crippen LogP contribution in [0.3, 0.4) is 0 Å². The van der Waals surface area contributed by atoms with Gasteiger partial charge in [-0.25, -0.2) is 4.98 Å². The standard InChI is InChI=1S/C52H36N6O.Pt/c1-32-24-48-43(30-54-32)40-21-20-37(29-49(40)57(48)50-25-33(22-23-53-50)52(2,3)4)59-36-13-11-12-34(26-36)55-31-56(47-19-10-9-18-46(47)55)35-27-41-38-14-5-7-16-44(38)58-45-17-8-6-15-39(45)42(28-35)51(41)58;/h5-25,27-28,30H,1-4H3;/q-2;. The Morgan fingerprint density at radius 3 is 2.07 bits per heavy atom. The molecule has 0 bridgehead atoms. The molecule has 0 aliphatic heterocycles. The molecular weight excluding hydrogens is 920 g/mol. The number of rotatable bonds is 5. The van der Waals surface area contributed by atoms with Gasteiger partial charge in [0.2, 0.25) is 0 Å². The van der Waals surface area contributed by atoms with Gasteiger partial charge in [-0.2, -0.15) is 18.2 Å². The third kappa shape index (κ3) is 5.42. The molecule has 6 heterocycles. The van der Waals surface area contributed by atoms with E-state index < -0.39 is 0 Å². The Hall–Kier alpha value is -6.82. The predicted molar refractivity (Wildman–Crippen MR) is 236 cm³/mol. The summed E-state index contributed by atoms with van der Waals surface area (Å²) in [6.07, 6.45) is 7.54. The van der Waals surface area contributed by atoms with Crippen molar-refractivity contribution in [1.82, 2.24) is 23.5 Å². The van der Waals surface area contributed by atoms with Crippen molar-refractivity contribution < 1.29 is 30.4 Å². The van der Waals surface area contributed by atoms with Crippen molar-refractivity contribution in [2.24, 2.45) is 0 Å². The van der Waals surface area contributed by atoms with Crippen LogP contribution in [0.1, 0.15) is 32.0 Å². The molecule has 0 saturated carbocycles. The molecule has 6 aromatic carbocycles. The largest absolute Gasteiger partial charge is 0.510 e. The molecule has 7 nitrogen and oxygen atoms in total. The first kappa shape index (κ1) is 36.3. The summed E-state index contributed by atoms with van der Waals surface area (Å²) in [5.74, 6) is 1.98. The molecule has 6 aromatic heterocycles. The van der Waals surface area contributed by atoms with Crippen molar-refractivity contribution in [3.05, 3.63) is 176 Å². The molecule has 0 saturated heterocycles. The molecule has 292 valence electrons. The van der Waals surface area contributed by atoms with Crippen molar-refractivity contribution in [2.75, 3.05) is 0 Å². The van der Waals surface area contributed by atoms with Gasteiger partial charge >= 0.3 is 0 Å². The van der Waals surface area contributed by atoms with Crippen molar-refractivity contribution in [3.8, 4) is 28.7 Å². The number of para-hydroxylation sites is 4. The average molecular weight is 956 g/mol. The molecule has 0 unspecified atom stereocenters. The second-order valence-corrected chi connectivity index (χ2v) is 16.4. The van der Waals surface area contributed by atoms with Crippen LogP contribution in [0.4, 0.5) is 0 Å². The first-order valence-corrected chi connectivity index (χ1v) is 19.9. The van der Waals surface area contributed by atoms with E-state index in [0.29, 0.717) is 11.5 Å². The average Bonchev–Trinajstić information content (AvgIpc) is 3.99. The van der Waals surface area contributed by atoms with E-state index in [9.17, 15) is 0 Å². The molecule has 12 aromatic rings. The van der Waals surface area contributed by atoms with Gasteiger partial charge < -0.3 is 18.3 Å². The first-order valence-electron chi connectivity index (χ1n) is 19.9. The second-order valence-electron chi connectivity index (χ2n) is 16.4. The molecule has 0 aliphatic carbocycles. The summed E-state index contributed by atoms with van der Waals surface area (Å²) in [4.78, 5) is 9.49. The van der Waals surface area contributed by atoms with Crippen molar-refractivity contribution >= 4 is 70.9 Å². The van der Waals surface area contributed by atoms with E-state index in [4.69, 9.17) is 9.72 Å². The monoisotopic (exact) mass is 955 g/mol. The van der Waals surface area contributed by atoms with Crippen LogP contribution in [0, 0.1) is 25.4 Å². The van der Waals surface area contributed by atoms with Crippen LogP contribution in [0.25, 0.3) is 88.1 Å².